The summed E-state index contributed by atoms with van der Waals surface area (Å²) in [6, 6.07) is 0. The van der Waals surface area contributed by atoms with E-state index >= 15 is 0 Å². The first-order valence-electron chi connectivity index (χ1n) is 4.12. The molecule has 0 spiro atoms. The van der Waals surface area contributed by atoms with Crippen molar-refractivity contribution in [2.45, 2.75) is 18.6 Å². The summed E-state index contributed by atoms with van der Waals surface area (Å²) in [5.74, 6) is 0. The second kappa shape index (κ2) is 3.64. The first kappa shape index (κ1) is 9.56. The van der Waals surface area contributed by atoms with Crippen molar-refractivity contribution in [1.29, 1.82) is 0 Å². The second-order valence-electron chi connectivity index (χ2n) is 2.93. The molecule has 0 radical (unpaired) electrons. The zero-order valence-electron chi connectivity index (χ0n) is 7.09. The maximum atomic E-state index is 5.51. The molecular formula is C8H11O3PS. The lowest BCUT2D eigenvalue weighted by atomic mass is 10.1. The van der Waals surface area contributed by atoms with E-state index in [-0.39, 0.29) is 12.2 Å². The van der Waals surface area contributed by atoms with Gasteiger partial charge >= 0.3 is 6.72 Å². The Bertz CT molecular complexity index is 289. The SMILES string of the molecule is C=CC1C[C@H]2C=CCOP(=S)(O1)O2. The van der Waals surface area contributed by atoms with Crippen LogP contribution in [0.1, 0.15) is 6.42 Å². The van der Waals surface area contributed by atoms with Crippen molar-refractivity contribution in [3.8, 4) is 0 Å². The van der Waals surface area contributed by atoms with Gasteiger partial charge in [0.2, 0.25) is 0 Å². The molecule has 5 heteroatoms. The maximum Gasteiger partial charge on any atom is 0.328 e. The van der Waals surface area contributed by atoms with Crippen molar-refractivity contribution in [1.82, 2.24) is 0 Å². The zero-order chi connectivity index (χ0) is 9.31. The van der Waals surface area contributed by atoms with Gasteiger partial charge in [0.1, 0.15) is 0 Å². The van der Waals surface area contributed by atoms with Crippen LogP contribution in [0.15, 0.2) is 24.8 Å². The van der Waals surface area contributed by atoms with E-state index in [0.29, 0.717) is 6.61 Å². The molecule has 2 aliphatic heterocycles. The van der Waals surface area contributed by atoms with Crippen LogP contribution in [0.2, 0.25) is 0 Å². The Kier molecular flexibility index (Phi) is 2.67. The van der Waals surface area contributed by atoms with E-state index in [1.54, 1.807) is 6.08 Å². The highest BCUT2D eigenvalue weighted by molar-refractivity contribution is 8.07. The van der Waals surface area contributed by atoms with E-state index < -0.39 is 6.72 Å². The maximum absolute atomic E-state index is 5.51. The molecule has 0 N–H and O–H groups in total. The summed E-state index contributed by atoms with van der Waals surface area (Å²) in [6.45, 7) is 1.69. The Morgan fingerprint density at radius 1 is 1.54 bits per heavy atom. The van der Waals surface area contributed by atoms with Crippen LogP contribution in [0.4, 0.5) is 0 Å². The van der Waals surface area contributed by atoms with Crippen LogP contribution in [0.3, 0.4) is 0 Å². The van der Waals surface area contributed by atoms with Crippen molar-refractivity contribution in [2.24, 2.45) is 0 Å². The number of fused-ring (bicyclic) bond motifs is 2. The third-order valence-electron chi connectivity index (χ3n) is 1.94. The molecule has 3 nitrogen and oxygen atoms in total. The van der Waals surface area contributed by atoms with Crippen molar-refractivity contribution in [3.05, 3.63) is 24.8 Å². The highest BCUT2D eigenvalue weighted by Gasteiger charge is 2.35. The molecule has 1 fully saturated rings. The Hall–Kier alpha value is 0.01000. The molecule has 0 aliphatic carbocycles. The Labute approximate surface area is 82.6 Å². The van der Waals surface area contributed by atoms with Gasteiger partial charge in [0.05, 0.1) is 18.8 Å². The van der Waals surface area contributed by atoms with E-state index in [9.17, 15) is 0 Å². The predicted octanol–water partition coefficient (Wildman–Crippen LogP) is 2.16. The standard InChI is InChI=1S/C8H11O3PS/c1-2-7-6-8-4-3-5-9-12(13,10-7)11-8/h2-4,7-8H,1,5-6H2/t7?,8-,12?/m1/s1. The third-order valence-corrected chi connectivity index (χ3v) is 4.29. The van der Waals surface area contributed by atoms with Gasteiger partial charge in [-0.15, -0.1) is 6.58 Å². The van der Waals surface area contributed by atoms with Crippen LogP contribution in [-0.2, 0) is 25.4 Å². The number of rotatable bonds is 1. The Morgan fingerprint density at radius 2 is 2.38 bits per heavy atom. The summed E-state index contributed by atoms with van der Waals surface area (Å²) in [5.41, 5.74) is 0. The molecule has 0 aromatic carbocycles. The molecule has 2 unspecified atom stereocenters. The van der Waals surface area contributed by atoms with Crippen molar-refractivity contribution in [3.63, 3.8) is 0 Å². The molecular weight excluding hydrogens is 207 g/mol. The van der Waals surface area contributed by atoms with Gasteiger partial charge < -0.3 is 13.6 Å². The minimum atomic E-state index is -2.48. The monoisotopic (exact) mass is 218 g/mol. The lowest BCUT2D eigenvalue weighted by molar-refractivity contribution is 0.0620. The summed E-state index contributed by atoms with van der Waals surface area (Å²) in [6.07, 6.45) is 6.43. The normalized spacial score (nSPS) is 44.0. The van der Waals surface area contributed by atoms with Crippen LogP contribution in [-0.4, -0.2) is 18.8 Å². The van der Waals surface area contributed by atoms with Gasteiger partial charge in [0.15, 0.2) is 0 Å². The fourth-order valence-corrected chi connectivity index (χ4v) is 3.60. The fourth-order valence-electron chi connectivity index (χ4n) is 1.33. The van der Waals surface area contributed by atoms with Gasteiger partial charge in [-0.25, -0.2) is 0 Å². The Morgan fingerprint density at radius 3 is 3.15 bits per heavy atom. The smallest absolute Gasteiger partial charge is 0.304 e. The third kappa shape index (κ3) is 2.09. The first-order valence-corrected chi connectivity index (χ1v) is 6.68. The highest BCUT2D eigenvalue weighted by atomic mass is 32.5. The number of hydrogen-bond donors (Lipinski definition) is 0. The zero-order valence-corrected chi connectivity index (χ0v) is 8.80. The van der Waals surface area contributed by atoms with Gasteiger partial charge in [-0.2, -0.15) is 0 Å². The molecule has 2 bridgehead atoms. The van der Waals surface area contributed by atoms with Gasteiger partial charge in [-0.05, 0) is 11.8 Å². The molecule has 2 aliphatic rings. The second-order valence-corrected chi connectivity index (χ2v) is 5.85. The summed E-state index contributed by atoms with van der Waals surface area (Å²) in [7, 11) is 0. The summed E-state index contributed by atoms with van der Waals surface area (Å²) < 4.78 is 16.4. The minimum absolute atomic E-state index is 0.0325. The van der Waals surface area contributed by atoms with Crippen LogP contribution in [0.5, 0.6) is 0 Å². The van der Waals surface area contributed by atoms with Gasteiger partial charge in [0.25, 0.3) is 0 Å². The summed E-state index contributed by atoms with van der Waals surface area (Å²) in [5, 5.41) is 0. The van der Waals surface area contributed by atoms with E-state index in [2.05, 4.69) is 6.58 Å². The van der Waals surface area contributed by atoms with Crippen molar-refractivity contribution in [2.75, 3.05) is 6.61 Å². The van der Waals surface area contributed by atoms with Gasteiger partial charge in [0, 0.05) is 6.42 Å². The molecule has 13 heavy (non-hydrogen) atoms. The number of hydrogen-bond acceptors (Lipinski definition) is 4. The van der Waals surface area contributed by atoms with Crippen molar-refractivity contribution >= 4 is 18.5 Å². The lowest BCUT2D eigenvalue weighted by Gasteiger charge is -2.32. The average molecular weight is 218 g/mol. The summed E-state index contributed by atoms with van der Waals surface area (Å²) in [4.78, 5) is 0. The average Bonchev–Trinajstić information content (AvgIpc) is 2.23. The molecule has 0 aromatic heterocycles. The van der Waals surface area contributed by atoms with Crippen LogP contribution >= 0.6 is 6.72 Å². The van der Waals surface area contributed by atoms with E-state index in [0.717, 1.165) is 6.42 Å². The fraction of sp³-hybridized carbons (Fsp3) is 0.500. The van der Waals surface area contributed by atoms with Crippen LogP contribution in [0.25, 0.3) is 0 Å². The minimum Gasteiger partial charge on any atom is -0.304 e. The molecule has 72 valence electrons. The molecule has 2 rings (SSSR count). The molecule has 3 atom stereocenters. The van der Waals surface area contributed by atoms with E-state index in [1.807, 2.05) is 12.2 Å². The van der Waals surface area contributed by atoms with Crippen molar-refractivity contribution < 1.29 is 13.6 Å². The van der Waals surface area contributed by atoms with Gasteiger partial charge in [-0.3, -0.25) is 0 Å². The lowest BCUT2D eigenvalue weighted by Crippen LogP contribution is -2.25. The predicted molar refractivity (Wildman–Crippen MR) is 53.9 cm³/mol. The van der Waals surface area contributed by atoms with E-state index in [1.165, 1.54) is 0 Å². The van der Waals surface area contributed by atoms with Crippen LogP contribution < -0.4 is 0 Å². The highest BCUT2D eigenvalue weighted by Crippen LogP contribution is 2.56. The summed E-state index contributed by atoms with van der Waals surface area (Å²) >= 11 is 5.17. The van der Waals surface area contributed by atoms with Crippen LogP contribution in [0, 0.1) is 0 Å². The largest absolute Gasteiger partial charge is 0.328 e. The topological polar surface area (TPSA) is 27.7 Å². The molecule has 1 saturated heterocycles. The molecule has 0 saturated carbocycles. The van der Waals surface area contributed by atoms with Gasteiger partial charge in [-0.1, -0.05) is 18.2 Å². The molecule has 0 aromatic rings. The van der Waals surface area contributed by atoms with E-state index in [4.69, 9.17) is 25.4 Å². The first-order chi connectivity index (χ1) is 6.22. The molecule has 2 heterocycles. The quantitative estimate of drug-likeness (QED) is 0.498. The molecule has 0 amide bonds. The Balaban J connectivity index is 2.22.